The van der Waals surface area contributed by atoms with Gasteiger partial charge in [-0.2, -0.15) is 0 Å². The van der Waals surface area contributed by atoms with E-state index in [0.717, 1.165) is 19.3 Å². The molecule has 1 amide bonds. The van der Waals surface area contributed by atoms with Gasteiger partial charge in [0.05, 0.1) is 0 Å². The van der Waals surface area contributed by atoms with Crippen LogP contribution in [0.3, 0.4) is 0 Å². The summed E-state index contributed by atoms with van der Waals surface area (Å²) in [4.78, 5) is 22.7. The van der Waals surface area contributed by atoms with Crippen molar-refractivity contribution in [2.75, 3.05) is 6.54 Å². The first-order valence-electron chi connectivity index (χ1n) is 4.43. The summed E-state index contributed by atoms with van der Waals surface area (Å²) in [6.45, 7) is 3.98. The highest BCUT2D eigenvalue weighted by atomic mass is 16.2. The third-order valence-electron chi connectivity index (χ3n) is 2.65. The van der Waals surface area contributed by atoms with Crippen LogP contribution in [-0.2, 0) is 9.59 Å². The van der Waals surface area contributed by atoms with Crippen molar-refractivity contribution in [3.8, 4) is 0 Å². The molecule has 0 spiro atoms. The van der Waals surface area contributed by atoms with Crippen LogP contribution < -0.4 is 5.32 Å². The molecule has 1 aliphatic carbocycles. The lowest BCUT2D eigenvalue weighted by Gasteiger charge is -2.37. The van der Waals surface area contributed by atoms with E-state index >= 15 is 0 Å². The van der Waals surface area contributed by atoms with E-state index in [0.29, 0.717) is 6.54 Å². The Hall–Kier alpha value is -0.860. The first kappa shape index (κ1) is 9.23. The predicted molar refractivity (Wildman–Crippen MR) is 45.6 cm³/mol. The molecule has 0 aromatic heterocycles. The minimum atomic E-state index is -0.657. The van der Waals surface area contributed by atoms with Gasteiger partial charge >= 0.3 is 0 Å². The lowest BCUT2D eigenvalue weighted by Crippen LogP contribution is -2.50. The first-order valence-corrected chi connectivity index (χ1v) is 4.43. The van der Waals surface area contributed by atoms with E-state index in [1.54, 1.807) is 0 Å². The molecule has 0 unspecified atom stereocenters. The summed E-state index contributed by atoms with van der Waals surface area (Å²) in [5.74, 6) is -0.0662. The van der Waals surface area contributed by atoms with Crippen LogP contribution in [0, 0.1) is 5.41 Å². The Morgan fingerprint density at radius 1 is 1.42 bits per heavy atom. The highest BCUT2D eigenvalue weighted by Gasteiger charge is 2.47. The quantitative estimate of drug-likeness (QED) is 0.637. The van der Waals surface area contributed by atoms with Gasteiger partial charge < -0.3 is 5.32 Å². The van der Waals surface area contributed by atoms with Crippen LogP contribution >= 0.6 is 0 Å². The fourth-order valence-corrected chi connectivity index (χ4v) is 1.60. The smallest absolute Gasteiger partial charge is 0.233 e. The second-order valence-electron chi connectivity index (χ2n) is 3.35. The molecule has 0 bridgehead atoms. The lowest BCUT2D eigenvalue weighted by molar-refractivity contribution is -0.146. The van der Waals surface area contributed by atoms with E-state index in [-0.39, 0.29) is 11.7 Å². The van der Waals surface area contributed by atoms with E-state index in [1.807, 2.05) is 6.92 Å². The zero-order chi connectivity index (χ0) is 9.19. The number of nitrogens with one attached hydrogen (secondary N) is 1. The van der Waals surface area contributed by atoms with Crippen LogP contribution in [0.4, 0.5) is 0 Å². The molecule has 3 heteroatoms. The van der Waals surface area contributed by atoms with Gasteiger partial charge in [-0.1, -0.05) is 6.42 Å². The number of rotatable bonds is 3. The van der Waals surface area contributed by atoms with Crippen LogP contribution in [0.5, 0.6) is 0 Å². The largest absolute Gasteiger partial charge is 0.356 e. The number of amides is 1. The number of hydrogen-bond acceptors (Lipinski definition) is 2. The normalized spacial score (nSPS) is 19.5. The summed E-state index contributed by atoms with van der Waals surface area (Å²) >= 11 is 0. The molecule has 3 nitrogen and oxygen atoms in total. The fraction of sp³-hybridized carbons (Fsp3) is 0.778. The SMILES string of the molecule is CCNC(=O)C1(C(C)=O)CCC1. The summed E-state index contributed by atoms with van der Waals surface area (Å²) in [6, 6.07) is 0. The molecule has 0 aromatic rings. The monoisotopic (exact) mass is 169 g/mol. The molecule has 0 radical (unpaired) electrons. The maximum Gasteiger partial charge on any atom is 0.233 e. The van der Waals surface area contributed by atoms with Gasteiger partial charge in [0, 0.05) is 6.54 Å². The number of ketones is 1. The molecule has 0 aromatic carbocycles. The number of hydrogen-bond donors (Lipinski definition) is 1. The molecule has 0 saturated heterocycles. The summed E-state index contributed by atoms with van der Waals surface area (Å²) in [5.41, 5.74) is -0.657. The van der Waals surface area contributed by atoms with Gasteiger partial charge in [-0.05, 0) is 26.7 Å². The van der Waals surface area contributed by atoms with Crippen LogP contribution in [0.15, 0.2) is 0 Å². The predicted octanol–water partition coefficient (Wildman–Crippen LogP) is 0.882. The number of Topliss-reactive ketones (excluding diaryl/α,β-unsaturated/α-hetero) is 1. The van der Waals surface area contributed by atoms with Gasteiger partial charge in [-0.25, -0.2) is 0 Å². The maximum atomic E-state index is 11.5. The summed E-state index contributed by atoms with van der Waals surface area (Å²) in [7, 11) is 0. The second-order valence-corrected chi connectivity index (χ2v) is 3.35. The molecule has 1 saturated carbocycles. The minimum Gasteiger partial charge on any atom is -0.356 e. The van der Waals surface area contributed by atoms with E-state index in [2.05, 4.69) is 5.32 Å². The van der Waals surface area contributed by atoms with Gasteiger partial charge in [0.15, 0.2) is 0 Å². The zero-order valence-corrected chi connectivity index (χ0v) is 7.64. The Labute approximate surface area is 72.5 Å². The summed E-state index contributed by atoms with van der Waals surface area (Å²) in [5, 5.41) is 2.71. The van der Waals surface area contributed by atoms with Gasteiger partial charge in [0.1, 0.15) is 11.2 Å². The van der Waals surface area contributed by atoms with Crippen LogP contribution in [0.1, 0.15) is 33.1 Å². The average Bonchev–Trinajstić information content (AvgIpc) is 1.83. The van der Waals surface area contributed by atoms with E-state index in [1.165, 1.54) is 6.92 Å². The zero-order valence-electron chi connectivity index (χ0n) is 7.64. The first-order chi connectivity index (χ1) is 5.63. The second kappa shape index (κ2) is 3.25. The molecule has 0 aliphatic heterocycles. The van der Waals surface area contributed by atoms with Crippen molar-refractivity contribution >= 4 is 11.7 Å². The highest BCUT2D eigenvalue weighted by Crippen LogP contribution is 2.41. The van der Waals surface area contributed by atoms with Gasteiger partial charge in [0.2, 0.25) is 5.91 Å². The van der Waals surface area contributed by atoms with Crippen LogP contribution in [0.2, 0.25) is 0 Å². The van der Waals surface area contributed by atoms with E-state index in [4.69, 9.17) is 0 Å². The molecular formula is C9H15NO2. The molecule has 1 N–H and O–H groups in total. The lowest BCUT2D eigenvalue weighted by atomic mass is 9.65. The fourth-order valence-electron chi connectivity index (χ4n) is 1.60. The third kappa shape index (κ3) is 1.24. The van der Waals surface area contributed by atoms with Crippen LogP contribution in [-0.4, -0.2) is 18.2 Å². The van der Waals surface area contributed by atoms with Crippen molar-refractivity contribution in [3.05, 3.63) is 0 Å². The minimum absolute atomic E-state index is 0.0136. The van der Waals surface area contributed by atoms with Crippen molar-refractivity contribution in [3.63, 3.8) is 0 Å². The molecule has 1 rings (SSSR count). The number of carbonyl (C=O) groups excluding carboxylic acids is 2. The average molecular weight is 169 g/mol. The molecule has 12 heavy (non-hydrogen) atoms. The molecular weight excluding hydrogens is 154 g/mol. The Balaban J connectivity index is 2.67. The van der Waals surface area contributed by atoms with E-state index < -0.39 is 5.41 Å². The Morgan fingerprint density at radius 3 is 2.25 bits per heavy atom. The van der Waals surface area contributed by atoms with Crippen molar-refractivity contribution in [2.24, 2.45) is 5.41 Å². The van der Waals surface area contributed by atoms with Crippen molar-refractivity contribution in [2.45, 2.75) is 33.1 Å². The standard InChI is InChI=1S/C9H15NO2/c1-3-10-8(12)9(7(2)11)5-4-6-9/h3-6H2,1-2H3,(H,10,12). The molecule has 0 heterocycles. The molecule has 68 valence electrons. The van der Waals surface area contributed by atoms with Gasteiger partial charge in [0.25, 0.3) is 0 Å². The van der Waals surface area contributed by atoms with Gasteiger partial charge in [-0.3, -0.25) is 9.59 Å². The van der Waals surface area contributed by atoms with E-state index in [9.17, 15) is 9.59 Å². The van der Waals surface area contributed by atoms with Crippen molar-refractivity contribution in [1.82, 2.24) is 5.32 Å². The maximum absolute atomic E-state index is 11.5. The number of carbonyl (C=O) groups is 2. The highest BCUT2D eigenvalue weighted by molar-refractivity contribution is 6.05. The van der Waals surface area contributed by atoms with Gasteiger partial charge in [-0.15, -0.1) is 0 Å². The molecule has 1 aliphatic rings. The summed E-state index contributed by atoms with van der Waals surface area (Å²) < 4.78 is 0. The molecule has 0 atom stereocenters. The molecule has 1 fully saturated rings. The Bertz CT molecular complexity index is 207. The van der Waals surface area contributed by atoms with Crippen molar-refractivity contribution in [1.29, 1.82) is 0 Å². The van der Waals surface area contributed by atoms with Crippen molar-refractivity contribution < 1.29 is 9.59 Å². The third-order valence-corrected chi connectivity index (χ3v) is 2.65. The topological polar surface area (TPSA) is 46.2 Å². The van der Waals surface area contributed by atoms with Crippen LogP contribution in [0.25, 0.3) is 0 Å². The Morgan fingerprint density at radius 2 is 2.00 bits per heavy atom. The summed E-state index contributed by atoms with van der Waals surface area (Å²) in [6.07, 6.45) is 2.46. The Kier molecular flexibility index (Phi) is 2.50.